The molecule has 0 spiro atoms. The van der Waals surface area contributed by atoms with E-state index in [9.17, 15) is 9.18 Å². The first kappa shape index (κ1) is 19.1. The number of rotatable bonds is 5. The van der Waals surface area contributed by atoms with Gasteiger partial charge in [-0.15, -0.1) is 0 Å². The molecule has 2 aromatic carbocycles. The Labute approximate surface area is 177 Å². The number of fused-ring (bicyclic) bond motifs is 2. The second-order valence-corrected chi connectivity index (χ2v) is 7.37. The average Bonchev–Trinajstić information content (AvgIpc) is 3.21. The van der Waals surface area contributed by atoms with Gasteiger partial charge in [-0.05, 0) is 42.8 Å². The van der Waals surface area contributed by atoms with Crippen LogP contribution in [0.2, 0.25) is 0 Å². The molecule has 0 bridgehead atoms. The number of primary amides is 1. The minimum atomic E-state index is -0.516. The van der Waals surface area contributed by atoms with E-state index in [1.54, 1.807) is 29.1 Å². The lowest BCUT2D eigenvalue weighted by Gasteiger charge is -2.21. The number of amides is 1. The molecule has 0 saturated heterocycles. The van der Waals surface area contributed by atoms with Crippen LogP contribution in [0.3, 0.4) is 0 Å². The van der Waals surface area contributed by atoms with Gasteiger partial charge in [0.15, 0.2) is 0 Å². The first-order chi connectivity index (χ1) is 15.1. The molecule has 9 heteroatoms. The molecule has 4 aromatic rings. The lowest BCUT2D eigenvalue weighted by atomic mass is 10.1. The Morgan fingerprint density at radius 3 is 2.94 bits per heavy atom. The molecule has 4 N–H and O–H groups in total. The monoisotopic (exact) mass is 417 g/mol. The summed E-state index contributed by atoms with van der Waals surface area (Å²) < 4.78 is 15.1. The first-order valence-corrected chi connectivity index (χ1v) is 9.96. The van der Waals surface area contributed by atoms with Crippen molar-refractivity contribution in [1.82, 2.24) is 25.1 Å². The summed E-state index contributed by atoms with van der Waals surface area (Å²) in [5.41, 5.74) is 9.32. The van der Waals surface area contributed by atoms with Crippen molar-refractivity contribution in [3.63, 3.8) is 0 Å². The SMILES string of the molecule is NC(=O)c1cccc2c1cnn2-c1nc2c(c(NCc3cccc(F)c3)n1)CCNC2. The van der Waals surface area contributed by atoms with Crippen molar-refractivity contribution >= 4 is 22.6 Å². The fraction of sp³-hybridized carbons (Fsp3) is 0.182. The zero-order chi connectivity index (χ0) is 21.4. The summed E-state index contributed by atoms with van der Waals surface area (Å²) in [6, 6.07) is 11.7. The van der Waals surface area contributed by atoms with Crippen LogP contribution in [0.1, 0.15) is 27.2 Å². The van der Waals surface area contributed by atoms with Gasteiger partial charge in [0.05, 0.1) is 23.0 Å². The Bertz CT molecular complexity index is 1300. The second-order valence-electron chi connectivity index (χ2n) is 7.37. The molecule has 5 rings (SSSR count). The van der Waals surface area contributed by atoms with Gasteiger partial charge < -0.3 is 16.4 Å². The van der Waals surface area contributed by atoms with Crippen LogP contribution in [-0.4, -0.2) is 32.2 Å². The van der Waals surface area contributed by atoms with Crippen LogP contribution in [0, 0.1) is 5.82 Å². The van der Waals surface area contributed by atoms with Crippen molar-refractivity contribution in [2.45, 2.75) is 19.5 Å². The van der Waals surface area contributed by atoms with E-state index >= 15 is 0 Å². The fourth-order valence-corrected chi connectivity index (χ4v) is 3.85. The maximum absolute atomic E-state index is 13.5. The number of anilines is 1. The third kappa shape index (κ3) is 3.59. The van der Waals surface area contributed by atoms with Crippen LogP contribution in [0.4, 0.5) is 10.2 Å². The summed E-state index contributed by atoms with van der Waals surface area (Å²) in [7, 11) is 0. The molecule has 0 saturated carbocycles. The van der Waals surface area contributed by atoms with E-state index in [1.807, 2.05) is 12.1 Å². The topological polar surface area (TPSA) is 111 Å². The molecule has 1 aliphatic heterocycles. The van der Waals surface area contributed by atoms with E-state index < -0.39 is 5.91 Å². The zero-order valence-electron chi connectivity index (χ0n) is 16.6. The van der Waals surface area contributed by atoms with Crippen molar-refractivity contribution in [2.75, 3.05) is 11.9 Å². The number of nitrogens with zero attached hydrogens (tertiary/aromatic N) is 4. The van der Waals surface area contributed by atoms with Gasteiger partial charge in [0, 0.05) is 24.0 Å². The minimum absolute atomic E-state index is 0.276. The molecule has 0 unspecified atom stereocenters. The van der Waals surface area contributed by atoms with Crippen molar-refractivity contribution in [3.8, 4) is 5.95 Å². The number of carbonyl (C=O) groups is 1. The molecule has 0 aliphatic carbocycles. The molecule has 8 nitrogen and oxygen atoms in total. The average molecular weight is 417 g/mol. The third-order valence-corrected chi connectivity index (χ3v) is 5.34. The van der Waals surface area contributed by atoms with Crippen LogP contribution < -0.4 is 16.4 Å². The highest BCUT2D eigenvalue weighted by Crippen LogP contribution is 2.25. The number of nitrogens with one attached hydrogen (secondary N) is 2. The number of carbonyl (C=O) groups excluding carboxylic acids is 1. The summed E-state index contributed by atoms with van der Waals surface area (Å²) in [4.78, 5) is 21.2. The molecule has 2 aromatic heterocycles. The van der Waals surface area contributed by atoms with Gasteiger partial charge in [-0.3, -0.25) is 4.79 Å². The van der Waals surface area contributed by atoms with E-state index in [0.717, 1.165) is 29.8 Å². The number of hydrogen-bond donors (Lipinski definition) is 3. The van der Waals surface area contributed by atoms with Gasteiger partial charge >= 0.3 is 0 Å². The largest absolute Gasteiger partial charge is 0.366 e. The van der Waals surface area contributed by atoms with Crippen molar-refractivity contribution in [2.24, 2.45) is 5.73 Å². The molecule has 3 heterocycles. The van der Waals surface area contributed by atoms with Crippen LogP contribution in [0.15, 0.2) is 48.7 Å². The summed E-state index contributed by atoms with van der Waals surface area (Å²) in [6.07, 6.45) is 2.38. The lowest BCUT2D eigenvalue weighted by molar-refractivity contribution is 0.100. The predicted molar refractivity (Wildman–Crippen MR) is 114 cm³/mol. The van der Waals surface area contributed by atoms with Gasteiger partial charge in [0.1, 0.15) is 11.6 Å². The number of halogens is 1. The summed E-state index contributed by atoms with van der Waals surface area (Å²) >= 11 is 0. The highest BCUT2D eigenvalue weighted by Gasteiger charge is 2.20. The predicted octanol–water partition coefficient (Wildman–Crippen LogP) is 2.31. The standard InChI is InChI=1S/C22H20FN7O/c23-14-4-1-3-13(9-14)10-26-21-16-7-8-25-12-18(16)28-22(29-21)30-19-6-2-5-15(20(24)31)17(19)11-27-30/h1-6,9,11,25H,7-8,10,12H2,(H2,24,31)(H,26,28,29). The molecular weight excluding hydrogens is 397 g/mol. The molecule has 31 heavy (non-hydrogen) atoms. The maximum atomic E-state index is 13.5. The molecule has 156 valence electrons. The summed E-state index contributed by atoms with van der Waals surface area (Å²) in [5, 5.41) is 11.7. The van der Waals surface area contributed by atoms with E-state index in [4.69, 9.17) is 15.7 Å². The van der Waals surface area contributed by atoms with Crippen LogP contribution in [0.5, 0.6) is 0 Å². The van der Waals surface area contributed by atoms with Gasteiger partial charge in [-0.1, -0.05) is 18.2 Å². The van der Waals surface area contributed by atoms with Gasteiger partial charge in [0.2, 0.25) is 5.91 Å². The number of benzene rings is 2. The number of aromatic nitrogens is 4. The first-order valence-electron chi connectivity index (χ1n) is 9.96. The van der Waals surface area contributed by atoms with Crippen LogP contribution in [-0.2, 0) is 19.5 Å². The molecular formula is C22H20FN7O. The van der Waals surface area contributed by atoms with Crippen molar-refractivity contribution in [1.29, 1.82) is 0 Å². The Hall–Kier alpha value is -3.85. The Kier molecular flexibility index (Phi) is 4.79. The lowest BCUT2D eigenvalue weighted by Crippen LogP contribution is -2.27. The van der Waals surface area contributed by atoms with Crippen LogP contribution >= 0.6 is 0 Å². The smallest absolute Gasteiger partial charge is 0.253 e. The number of hydrogen-bond acceptors (Lipinski definition) is 6. The Morgan fingerprint density at radius 1 is 1.23 bits per heavy atom. The van der Waals surface area contributed by atoms with E-state index in [-0.39, 0.29) is 5.82 Å². The maximum Gasteiger partial charge on any atom is 0.253 e. The van der Waals surface area contributed by atoms with Gasteiger partial charge in [0.25, 0.3) is 5.95 Å². The molecule has 1 amide bonds. The Balaban J connectivity index is 1.57. The fourth-order valence-electron chi connectivity index (χ4n) is 3.85. The summed E-state index contributed by atoms with van der Waals surface area (Å²) in [5.74, 6) is 0.293. The zero-order valence-corrected chi connectivity index (χ0v) is 16.6. The van der Waals surface area contributed by atoms with E-state index in [1.165, 1.54) is 12.1 Å². The Morgan fingerprint density at radius 2 is 2.10 bits per heavy atom. The normalized spacial score (nSPS) is 13.2. The van der Waals surface area contributed by atoms with Crippen molar-refractivity contribution < 1.29 is 9.18 Å². The van der Waals surface area contributed by atoms with E-state index in [0.29, 0.717) is 41.3 Å². The van der Waals surface area contributed by atoms with Crippen LogP contribution in [0.25, 0.3) is 16.9 Å². The minimum Gasteiger partial charge on any atom is -0.366 e. The van der Waals surface area contributed by atoms with E-state index in [2.05, 4.69) is 15.7 Å². The summed E-state index contributed by atoms with van der Waals surface area (Å²) in [6.45, 7) is 1.88. The van der Waals surface area contributed by atoms with Gasteiger partial charge in [-0.2, -0.15) is 14.8 Å². The highest BCUT2D eigenvalue weighted by atomic mass is 19.1. The van der Waals surface area contributed by atoms with Gasteiger partial charge in [-0.25, -0.2) is 9.37 Å². The quantitative estimate of drug-likeness (QED) is 0.460. The third-order valence-electron chi connectivity index (χ3n) is 5.34. The highest BCUT2D eigenvalue weighted by molar-refractivity contribution is 6.05. The number of nitrogens with two attached hydrogens (primary N) is 1. The second kappa shape index (κ2) is 7.77. The van der Waals surface area contributed by atoms with Crippen molar-refractivity contribution in [3.05, 3.63) is 76.9 Å². The molecule has 0 atom stereocenters. The molecule has 0 radical (unpaired) electrons. The molecule has 1 aliphatic rings. The molecule has 0 fully saturated rings.